The van der Waals surface area contributed by atoms with Crippen molar-refractivity contribution >= 4 is 17.7 Å². The highest BCUT2D eigenvalue weighted by molar-refractivity contribution is 5.90. The molecular formula is C15H17N3O3. The van der Waals surface area contributed by atoms with Crippen molar-refractivity contribution in [1.29, 1.82) is 5.26 Å². The number of piperidine rings is 1. The molecule has 1 aliphatic heterocycles. The zero-order valence-corrected chi connectivity index (χ0v) is 11.6. The molecule has 1 unspecified atom stereocenters. The van der Waals surface area contributed by atoms with Gasteiger partial charge in [-0.05, 0) is 37.5 Å². The van der Waals surface area contributed by atoms with Crippen LogP contribution in [0.1, 0.15) is 31.2 Å². The Labute approximate surface area is 123 Å². The van der Waals surface area contributed by atoms with Crippen LogP contribution < -0.4 is 5.32 Å². The minimum Gasteiger partial charge on any atom is -0.481 e. The van der Waals surface area contributed by atoms with Crippen molar-refractivity contribution in [3.63, 3.8) is 0 Å². The lowest BCUT2D eigenvalue weighted by Crippen LogP contribution is -2.46. The predicted molar refractivity (Wildman–Crippen MR) is 76.8 cm³/mol. The van der Waals surface area contributed by atoms with Gasteiger partial charge in [0.2, 0.25) is 0 Å². The van der Waals surface area contributed by atoms with E-state index < -0.39 is 5.97 Å². The van der Waals surface area contributed by atoms with Crippen LogP contribution in [0.5, 0.6) is 0 Å². The van der Waals surface area contributed by atoms with Crippen molar-refractivity contribution in [2.75, 3.05) is 11.9 Å². The second-order valence-electron chi connectivity index (χ2n) is 5.06. The number of benzene rings is 1. The van der Waals surface area contributed by atoms with Crippen LogP contribution in [-0.2, 0) is 4.79 Å². The van der Waals surface area contributed by atoms with Crippen molar-refractivity contribution in [3.8, 4) is 6.07 Å². The van der Waals surface area contributed by atoms with Gasteiger partial charge in [0.25, 0.3) is 0 Å². The van der Waals surface area contributed by atoms with E-state index in [0.717, 1.165) is 12.8 Å². The molecule has 2 rings (SSSR count). The SMILES string of the molecule is N#Cc1cccc(NC(=O)N2CCCCC2CC(=O)O)c1. The Morgan fingerprint density at radius 1 is 1.43 bits per heavy atom. The molecule has 1 fully saturated rings. The molecule has 1 aliphatic rings. The first-order valence-electron chi connectivity index (χ1n) is 6.89. The molecule has 21 heavy (non-hydrogen) atoms. The van der Waals surface area contributed by atoms with Crippen LogP contribution in [0.2, 0.25) is 0 Å². The first-order valence-corrected chi connectivity index (χ1v) is 6.89. The summed E-state index contributed by atoms with van der Waals surface area (Å²) in [5, 5.41) is 20.5. The smallest absolute Gasteiger partial charge is 0.322 e. The second-order valence-corrected chi connectivity index (χ2v) is 5.06. The molecule has 0 bridgehead atoms. The molecule has 6 nitrogen and oxygen atoms in total. The summed E-state index contributed by atoms with van der Waals surface area (Å²) in [6.45, 7) is 0.557. The van der Waals surface area contributed by atoms with E-state index in [9.17, 15) is 9.59 Å². The van der Waals surface area contributed by atoms with Crippen LogP contribution in [0.3, 0.4) is 0 Å². The van der Waals surface area contributed by atoms with Gasteiger partial charge in [-0.25, -0.2) is 4.79 Å². The fourth-order valence-electron chi connectivity index (χ4n) is 2.54. The Kier molecular flexibility index (Phi) is 4.77. The molecule has 1 heterocycles. The number of carbonyl (C=O) groups excluding carboxylic acids is 1. The summed E-state index contributed by atoms with van der Waals surface area (Å²) in [6.07, 6.45) is 2.48. The zero-order valence-electron chi connectivity index (χ0n) is 11.6. The van der Waals surface area contributed by atoms with Gasteiger partial charge < -0.3 is 15.3 Å². The molecule has 0 saturated carbocycles. The molecule has 1 atom stereocenters. The van der Waals surface area contributed by atoms with Gasteiger partial charge in [0.15, 0.2) is 0 Å². The Hall–Kier alpha value is -2.55. The van der Waals surface area contributed by atoms with Gasteiger partial charge in [-0.3, -0.25) is 4.79 Å². The molecule has 1 saturated heterocycles. The summed E-state index contributed by atoms with van der Waals surface area (Å²) in [6, 6.07) is 8.08. The van der Waals surface area contributed by atoms with E-state index in [0.29, 0.717) is 24.2 Å². The summed E-state index contributed by atoms with van der Waals surface area (Å²) in [7, 11) is 0. The Bertz CT molecular complexity index is 580. The number of anilines is 1. The van der Waals surface area contributed by atoms with E-state index in [-0.39, 0.29) is 18.5 Å². The molecule has 6 heteroatoms. The molecule has 0 aliphatic carbocycles. The van der Waals surface area contributed by atoms with Gasteiger partial charge in [-0.2, -0.15) is 5.26 Å². The average Bonchev–Trinajstić information content (AvgIpc) is 2.47. The van der Waals surface area contributed by atoms with Gasteiger partial charge in [0, 0.05) is 18.3 Å². The Balaban J connectivity index is 2.06. The van der Waals surface area contributed by atoms with E-state index in [4.69, 9.17) is 10.4 Å². The predicted octanol–water partition coefficient (Wildman–Crippen LogP) is 2.42. The van der Waals surface area contributed by atoms with Crippen LogP contribution >= 0.6 is 0 Å². The van der Waals surface area contributed by atoms with Crippen LogP contribution in [0.4, 0.5) is 10.5 Å². The van der Waals surface area contributed by atoms with Crippen molar-refractivity contribution in [2.24, 2.45) is 0 Å². The highest BCUT2D eigenvalue weighted by Gasteiger charge is 2.28. The molecule has 1 aromatic rings. The number of aliphatic carboxylic acids is 1. The fourth-order valence-corrected chi connectivity index (χ4v) is 2.54. The molecule has 2 N–H and O–H groups in total. The maximum Gasteiger partial charge on any atom is 0.322 e. The average molecular weight is 287 g/mol. The molecular weight excluding hydrogens is 270 g/mol. The third kappa shape index (κ3) is 3.96. The number of carboxylic acid groups (broad SMARTS) is 1. The highest BCUT2D eigenvalue weighted by atomic mass is 16.4. The molecule has 0 aromatic heterocycles. The highest BCUT2D eigenvalue weighted by Crippen LogP contribution is 2.21. The number of urea groups is 1. The van der Waals surface area contributed by atoms with Crippen LogP contribution in [0.15, 0.2) is 24.3 Å². The monoisotopic (exact) mass is 287 g/mol. The number of nitrogens with zero attached hydrogens (tertiary/aromatic N) is 2. The third-order valence-corrected chi connectivity index (χ3v) is 3.54. The van der Waals surface area contributed by atoms with E-state index in [1.54, 1.807) is 29.2 Å². The largest absolute Gasteiger partial charge is 0.481 e. The van der Waals surface area contributed by atoms with Gasteiger partial charge in [0.05, 0.1) is 18.1 Å². The lowest BCUT2D eigenvalue weighted by molar-refractivity contribution is -0.138. The standard InChI is InChI=1S/C15H17N3O3/c16-10-11-4-3-5-12(8-11)17-15(21)18-7-2-1-6-13(18)9-14(19)20/h3-5,8,13H,1-2,6-7,9H2,(H,17,21)(H,19,20). The number of amides is 2. The number of carbonyl (C=O) groups is 2. The van der Waals surface area contributed by atoms with Crippen LogP contribution in [0.25, 0.3) is 0 Å². The molecule has 110 valence electrons. The van der Waals surface area contributed by atoms with Crippen molar-refractivity contribution in [1.82, 2.24) is 4.90 Å². The quantitative estimate of drug-likeness (QED) is 0.892. The second kappa shape index (κ2) is 6.75. The van der Waals surface area contributed by atoms with Crippen LogP contribution in [-0.4, -0.2) is 34.6 Å². The summed E-state index contributed by atoms with van der Waals surface area (Å²) < 4.78 is 0. The summed E-state index contributed by atoms with van der Waals surface area (Å²) in [5.41, 5.74) is 1.01. The number of rotatable bonds is 3. The minimum absolute atomic E-state index is 0.0361. The maximum atomic E-state index is 12.3. The number of carboxylic acids is 1. The third-order valence-electron chi connectivity index (χ3n) is 3.54. The number of nitriles is 1. The van der Waals surface area contributed by atoms with E-state index >= 15 is 0 Å². The molecule has 0 spiro atoms. The molecule has 1 aromatic carbocycles. The van der Waals surface area contributed by atoms with Crippen molar-refractivity contribution in [3.05, 3.63) is 29.8 Å². The molecule has 2 amide bonds. The minimum atomic E-state index is -0.897. The maximum absolute atomic E-state index is 12.3. The van der Waals surface area contributed by atoms with E-state index in [1.807, 2.05) is 6.07 Å². The number of hydrogen-bond acceptors (Lipinski definition) is 3. The van der Waals surface area contributed by atoms with E-state index in [1.165, 1.54) is 0 Å². The Morgan fingerprint density at radius 2 is 2.24 bits per heavy atom. The van der Waals surface area contributed by atoms with Crippen LogP contribution in [0, 0.1) is 11.3 Å². The summed E-state index contributed by atoms with van der Waals surface area (Å²) in [4.78, 5) is 24.8. The lowest BCUT2D eigenvalue weighted by atomic mass is 10.00. The Morgan fingerprint density at radius 3 is 2.95 bits per heavy atom. The normalized spacial score (nSPS) is 17.9. The zero-order chi connectivity index (χ0) is 15.2. The van der Waals surface area contributed by atoms with Crippen molar-refractivity contribution in [2.45, 2.75) is 31.7 Å². The van der Waals surface area contributed by atoms with Gasteiger partial charge in [-0.1, -0.05) is 6.07 Å². The fraction of sp³-hybridized carbons (Fsp3) is 0.400. The lowest BCUT2D eigenvalue weighted by Gasteiger charge is -2.34. The van der Waals surface area contributed by atoms with Gasteiger partial charge in [0.1, 0.15) is 0 Å². The first kappa shape index (κ1) is 14.9. The summed E-state index contributed by atoms with van der Waals surface area (Å²) in [5.74, 6) is -0.897. The summed E-state index contributed by atoms with van der Waals surface area (Å²) >= 11 is 0. The van der Waals surface area contributed by atoms with Gasteiger partial charge in [-0.15, -0.1) is 0 Å². The number of nitrogens with one attached hydrogen (secondary N) is 1. The van der Waals surface area contributed by atoms with Gasteiger partial charge >= 0.3 is 12.0 Å². The topological polar surface area (TPSA) is 93.4 Å². The number of likely N-dealkylation sites (tertiary alicyclic amines) is 1. The molecule has 0 radical (unpaired) electrons. The van der Waals surface area contributed by atoms with E-state index in [2.05, 4.69) is 5.32 Å². The van der Waals surface area contributed by atoms with Crippen molar-refractivity contribution < 1.29 is 14.7 Å². The first-order chi connectivity index (χ1) is 10.1. The number of hydrogen-bond donors (Lipinski definition) is 2.